The van der Waals surface area contributed by atoms with Crippen molar-refractivity contribution in [3.05, 3.63) is 65.7 Å². The summed E-state index contributed by atoms with van der Waals surface area (Å²) in [4.78, 5) is 11.1. The van der Waals surface area contributed by atoms with Crippen LogP contribution in [-0.4, -0.2) is 32.0 Å². The predicted octanol–water partition coefficient (Wildman–Crippen LogP) is 1.25. The summed E-state index contributed by atoms with van der Waals surface area (Å²) in [5.41, 5.74) is 0.332. The minimum atomic E-state index is -3.69. The van der Waals surface area contributed by atoms with Crippen molar-refractivity contribution >= 4 is 16.2 Å². The van der Waals surface area contributed by atoms with Crippen molar-refractivity contribution in [2.24, 2.45) is 0 Å². The van der Waals surface area contributed by atoms with E-state index in [2.05, 4.69) is 0 Å². The second kappa shape index (κ2) is 5.92. The van der Waals surface area contributed by atoms with Crippen LogP contribution in [-0.2, 0) is 20.4 Å². The molecule has 1 heterocycles. The topological polar surface area (TPSA) is 86.7 Å². The van der Waals surface area contributed by atoms with Crippen LogP contribution in [0.5, 0.6) is 0 Å². The molecule has 0 radical (unpaired) electrons. The number of hydrogen-bond acceptors (Lipinski definition) is 5. The molecule has 0 spiro atoms. The van der Waals surface area contributed by atoms with Gasteiger partial charge in [0.05, 0.1) is 4.90 Å². The van der Waals surface area contributed by atoms with Gasteiger partial charge in [0.25, 0.3) is 6.16 Å². The van der Waals surface area contributed by atoms with Crippen LogP contribution in [0.1, 0.15) is 11.1 Å². The maximum Gasteiger partial charge on any atom is 0.252 e. The van der Waals surface area contributed by atoms with E-state index in [4.69, 9.17) is 4.74 Å². The van der Waals surface area contributed by atoms with Crippen LogP contribution in [0.3, 0.4) is 0 Å². The van der Waals surface area contributed by atoms with Crippen molar-refractivity contribution in [3.63, 3.8) is 0 Å². The summed E-state index contributed by atoms with van der Waals surface area (Å²) in [6, 6.07) is 15.2. The third-order valence-corrected chi connectivity index (χ3v) is 5.91. The van der Waals surface area contributed by atoms with Crippen molar-refractivity contribution in [1.82, 2.24) is 4.31 Å². The van der Waals surface area contributed by atoms with Crippen LogP contribution in [0.4, 0.5) is 4.79 Å². The molecule has 3 rings (SSSR count). The number of benzene rings is 2. The van der Waals surface area contributed by atoms with E-state index < -0.39 is 21.8 Å². The first-order chi connectivity index (χ1) is 11.3. The molecule has 2 aromatic carbocycles. The van der Waals surface area contributed by atoms with Crippen LogP contribution < -0.4 is 5.11 Å². The Labute approximate surface area is 140 Å². The molecule has 126 valence electrons. The van der Waals surface area contributed by atoms with Crippen molar-refractivity contribution in [2.45, 2.75) is 17.4 Å². The fraction of sp³-hybridized carbons (Fsp3) is 0.235. The van der Waals surface area contributed by atoms with Crippen molar-refractivity contribution in [3.8, 4) is 0 Å². The number of rotatable bonds is 4. The number of sulfonamides is 1. The van der Waals surface area contributed by atoms with E-state index in [0.29, 0.717) is 5.56 Å². The molecule has 0 saturated carbocycles. The lowest BCUT2D eigenvalue weighted by Gasteiger charge is -2.51. The SMILES string of the molecule is Cc1ccc(S(=O)(=O)N2CC(OC(=O)[O-])(c3ccccc3)C2)cc1. The molecule has 2 aromatic rings. The van der Waals surface area contributed by atoms with Gasteiger partial charge in [-0.1, -0.05) is 48.0 Å². The van der Waals surface area contributed by atoms with E-state index in [1.165, 1.54) is 16.4 Å². The molecule has 7 heteroatoms. The Morgan fingerprint density at radius 1 is 1.08 bits per heavy atom. The van der Waals surface area contributed by atoms with Crippen LogP contribution >= 0.6 is 0 Å². The lowest BCUT2D eigenvalue weighted by Crippen LogP contribution is -2.63. The molecule has 0 unspecified atom stereocenters. The van der Waals surface area contributed by atoms with Gasteiger partial charge in [-0.15, -0.1) is 0 Å². The maximum atomic E-state index is 12.6. The highest BCUT2D eigenvalue weighted by atomic mass is 32.2. The summed E-state index contributed by atoms with van der Waals surface area (Å²) in [5, 5.41) is 10.9. The van der Waals surface area contributed by atoms with Gasteiger partial charge in [0.2, 0.25) is 10.0 Å². The Bertz CT molecular complexity index is 840. The molecule has 1 saturated heterocycles. The Morgan fingerprint density at radius 2 is 1.67 bits per heavy atom. The molecule has 0 atom stereocenters. The van der Waals surface area contributed by atoms with Crippen LogP contribution in [0, 0.1) is 6.92 Å². The predicted molar refractivity (Wildman–Crippen MR) is 84.5 cm³/mol. The zero-order valence-corrected chi connectivity index (χ0v) is 13.8. The van der Waals surface area contributed by atoms with Crippen molar-refractivity contribution in [1.29, 1.82) is 0 Å². The van der Waals surface area contributed by atoms with Gasteiger partial charge in [0.1, 0.15) is 5.60 Å². The zero-order valence-electron chi connectivity index (χ0n) is 13.0. The van der Waals surface area contributed by atoms with Gasteiger partial charge in [-0.3, -0.25) is 0 Å². The Morgan fingerprint density at radius 3 is 2.21 bits per heavy atom. The number of ether oxygens (including phenoxy) is 1. The first-order valence-electron chi connectivity index (χ1n) is 7.36. The fourth-order valence-electron chi connectivity index (χ4n) is 2.76. The van der Waals surface area contributed by atoms with E-state index in [-0.39, 0.29) is 18.0 Å². The highest BCUT2D eigenvalue weighted by molar-refractivity contribution is 7.89. The van der Waals surface area contributed by atoms with Gasteiger partial charge < -0.3 is 14.6 Å². The normalized spacial score (nSPS) is 17.0. The monoisotopic (exact) mass is 346 g/mol. The molecular formula is C17H16NO5S-. The highest BCUT2D eigenvalue weighted by Crippen LogP contribution is 2.39. The molecule has 1 aliphatic heterocycles. The quantitative estimate of drug-likeness (QED) is 0.778. The zero-order chi connectivity index (χ0) is 17.4. The molecule has 0 aliphatic carbocycles. The number of aryl methyl sites for hydroxylation is 1. The van der Waals surface area contributed by atoms with Gasteiger partial charge in [-0.25, -0.2) is 8.42 Å². The molecule has 0 N–H and O–H groups in total. The average molecular weight is 346 g/mol. The summed E-state index contributed by atoms with van der Waals surface area (Å²) in [6.45, 7) is 1.70. The summed E-state index contributed by atoms with van der Waals surface area (Å²) in [6.07, 6.45) is -1.67. The largest absolute Gasteiger partial charge is 0.536 e. The minimum absolute atomic E-state index is 0.0821. The first-order valence-corrected chi connectivity index (χ1v) is 8.80. The molecule has 0 bridgehead atoms. The second-order valence-electron chi connectivity index (χ2n) is 5.80. The third kappa shape index (κ3) is 2.88. The minimum Gasteiger partial charge on any atom is -0.536 e. The molecule has 0 aromatic heterocycles. The van der Waals surface area contributed by atoms with Gasteiger partial charge in [-0.2, -0.15) is 4.31 Å². The van der Waals surface area contributed by atoms with Gasteiger partial charge in [0, 0.05) is 13.1 Å². The lowest BCUT2D eigenvalue weighted by molar-refractivity contribution is -0.303. The van der Waals surface area contributed by atoms with E-state index >= 15 is 0 Å². The molecule has 6 nitrogen and oxygen atoms in total. The number of carboxylic acid groups (broad SMARTS) is 1. The summed E-state index contributed by atoms with van der Waals surface area (Å²) in [5.74, 6) is 0. The standard InChI is InChI=1S/C17H17NO5S/c1-13-7-9-15(10-8-13)24(21,22)18-11-17(12-18,23-16(19)20)14-5-3-2-4-6-14/h2-10H,11-12H2,1H3,(H,19,20)/p-1. The molecular weight excluding hydrogens is 330 g/mol. The average Bonchev–Trinajstić information content (AvgIpc) is 2.51. The Balaban J connectivity index is 1.87. The third-order valence-electron chi connectivity index (χ3n) is 4.10. The fourth-order valence-corrected chi connectivity index (χ4v) is 4.30. The first kappa shape index (κ1) is 16.5. The number of carbonyl (C=O) groups is 1. The Hall–Kier alpha value is -2.38. The molecule has 0 amide bonds. The molecule has 1 fully saturated rings. The van der Waals surface area contributed by atoms with Gasteiger partial charge in [0.15, 0.2) is 0 Å². The van der Waals surface area contributed by atoms with Gasteiger partial charge in [-0.05, 0) is 24.6 Å². The smallest absolute Gasteiger partial charge is 0.252 e. The van der Waals surface area contributed by atoms with Crippen molar-refractivity contribution in [2.75, 3.05) is 13.1 Å². The molecule has 24 heavy (non-hydrogen) atoms. The summed E-state index contributed by atoms with van der Waals surface area (Å²) in [7, 11) is -3.69. The number of hydrogen-bond donors (Lipinski definition) is 0. The summed E-state index contributed by atoms with van der Waals surface area (Å²) >= 11 is 0. The lowest BCUT2D eigenvalue weighted by atomic mass is 9.88. The van der Waals surface area contributed by atoms with Gasteiger partial charge >= 0.3 is 0 Å². The van der Waals surface area contributed by atoms with E-state index in [1.807, 2.05) is 6.92 Å². The number of carbonyl (C=O) groups excluding carboxylic acids is 1. The van der Waals surface area contributed by atoms with Crippen LogP contribution in [0.2, 0.25) is 0 Å². The van der Waals surface area contributed by atoms with E-state index in [1.54, 1.807) is 42.5 Å². The Kier molecular flexibility index (Phi) is 4.06. The summed E-state index contributed by atoms with van der Waals surface area (Å²) < 4.78 is 31.4. The highest BCUT2D eigenvalue weighted by Gasteiger charge is 2.49. The van der Waals surface area contributed by atoms with Crippen LogP contribution in [0.25, 0.3) is 0 Å². The second-order valence-corrected chi connectivity index (χ2v) is 7.74. The molecule has 1 aliphatic rings. The van der Waals surface area contributed by atoms with Crippen molar-refractivity contribution < 1.29 is 23.1 Å². The van der Waals surface area contributed by atoms with Crippen LogP contribution in [0.15, 0.2) is 59.5 Å². The maximum absolute atomic E-state index is 12.6. The van der Waals surface area contributed by atoms with E-state index in [9.17, 15) is 18.3 Å². The number of nitrogens with zero attached hydrogens (tertiary/aromatic N) is 1. The van der Waals surface area contributed by atoms with E-state index in [0.717, 1.165) is 5.56 Å².